The van der Waals surface area contributed by atoms with Gasteiger partial charge in [-0.3, -0.25) is 9.89 Å². The fourth-order valence-electron chi connectivity index (χ4n) is 5.88. The Bertz CT molecular complexity index is 809. The monoisotopic (exact) mass is 382 g/mol. The average Bonchev–Trinajstić information content (AvgIpc) is 3.08. The first-order chi connectivity index (χ1) is 13.1. The molecule has 0 unspecified atom stereocenters. The molecule has 0 atom stereocenters. The van der Waals surface area contributed by atoms with Gasteiger partial charge in [-0.25, -0.2) is 4.98 Å². The predicted molar refractivity (Wildman–Crippen MR) is 106 cm³/mol. The average molecular weight is 383 g/mol. The van der Waals surface area contributed by atoms with Gasteiger partial charge in [-0.1, -0.05) is 41.6 Å². The molecule has 1 heterocycles. The fraction of sp³-hybridized carbons (Fsp3) is 0.571. The van der Waals surface area contributed by atoms with E-state index in [0.717, 1.165) is 29.1 Å². The molecule has 142 valence electrons. The number of thioether (sulfide) groups is 1. The minimum atomic E-state index is 0.0818. The summed E-state index contributed by atoms with van der Waals surface area (Å²) in [6.07, 6.45) is 7.74. The molecule has 0 spiro atoms. The van der Waals surface area contributed by atoms with Gasteiger partial charge < -0.3 is 5.32 Å². The standard InChI is InChI=1S/C21H26N4OS/c1-13-2-4-17(5-3-13)19-22-20(25-24-19)27-12-18(26)23-21-9-14-6-15(10-21)8-16(7-14)11-21/h2-5,14-16H,6-12H2,1H3,(H,23,26)(H,22,24,25). The van der Waals surface area contributed by atoms with Crippen molar-refractivity contribution in [2.75, 3.05) is 5.75 Å². The van der Waals surface area contributed by atoms with Crippen LogP contribution in [-0.4, -0.2) is 32.4 Å². The Hall–Kier alpha value is -1.82. The summed E-state index contributed by atoms with van der Waals surface area (Å²) in [5.41, 5.74) is 2.31. The molecule has 1 aromatic heterocycles. The number of amides is 1. The maximum atomic E-state index is 12.6. The number of hydrogen-bond donors (Lipinski definition) is 2. The number of nitrogens with zero attached hydrogens (tertiary/aromatic N) is 2. The van der Waals surface area contributed by atoms with Crippen LogP contribution in [0.1, 0.15) is 44.1 Å². The van der Waals surface area contributed by atoms with Crippen LogP contribution >= 0.6 is 11.8 Å². The van der Waals surface area contributed by atoms with Crippen LogP contribution in [0.2, 0.25) is 0 Å². The number of benzene rings is 1. The topological polar surface area (TPSA) is 70.7 Å². The minimum Gasteiger partial charge on any atom is -0.350 e. The van der Waals surface area contributed by atoms with E-state index in [-0.39, 0.29) is 11.4 Å². The number of H-pyrrole nitrogens is 1. The first kappa shape index (κ1) is 17.3. The molecule has 4 fully saturated rings. The number of aromatic amines is 1. The van der Waals surface area contributed by atoms with Crippen molar-refractivity contribution in [3.63, 3.8) is 0 Å². The summed E-state index contributed by atoms with van der Waals surface area (Å²) in [6.45, 7) is 2.06. The van der Waals surface area contributed by atoms with Gasteiger partial charge in [-0.05, 0) is 63.2 Å². The largest absolute Gasteiger partial charge is 0.350 e. The lowest BCUT2D eigenvalue weighted by Crippen LogP contribution is -2.60. The molecular weight excluding hydrogens is 356 g/mol. The third kappa shape index (κ3) is 3.51. The quantitative estimate of drug-likeness (QED) is 0.768. The summed E-state index contributed by atoms with van der Waals surface area (Å²) in [5.74, 6) is 3.79. The third-order valence-corrected chi connectivity index (χ3v) is 7.41. The molecule has 5 nitrogen and oxygen atoms in total. The van der Waals surface area contributed by atoms with Crippen LogP contribution in [0.5, 0.6) is 0 Å². The number of hydrogen-bond acceptors (Lipinski definition) is 4. The fourth-order valence-corrected chi connectivity index (χ4v) is 6.48. The van der Waals surface area contributed by atoms with Gasteiger partial charge in [0.2, 0.25) is 11.1 Å². The van der Waals surface area contributed by atoms with E-state index in [2.05, 4.69) is 39.6 Å². The number of aromatic nitrogens is 3. The molecule has 4 aliphatic carbocycles. The third-order valence-electron chi connectivity index (χ3n) is 6.57. The zero-order chi connectivity index (χ0) is 18.4. The minimum absolute atomic E-state index is 0.0818. The summed E-state index contributed by atoms with van der Waals surface area (Å²) >= 11 is 1.41. The molecule has 1 amide bonds. The van der Waals surface area contributed by atoms with Crippen LogP contribution in [0.25, 0.3) is 11.4 Å². The number of carbonyl (C=O) groups excluding carboxylic acids is 1. The second kappa shape index (κ2) is 6.66. The molecule has 6 heteroatoms. The highest BCUT2D eigenvalue weighted by Crippen LogP contribution is 2.55. The lowest BCUT2D eigenvalue weighted by Gasteiger charge is -2.56. The van der Waals surface area contributed by atoms with Gasteiger partial charge in [0, 0.05) is 11.1 Å². The van der Waals surface area contributed by atoms with E-state index in [1.54, 1.807) is 0 Å². The van der Waals surface area contributed by atoms with Crippen molar-refractivity contribution in [3.05, 3.63) is 29.8 Å². The maximum Gasteiger partial charge on any atom is 0.230 e. The number of nitrogens with one attached hydrogen (secondary N) is 2. The van der Waals surface area contributed by atoms with Gasteiger partial charge in [-0.15, -0.1) is 5.10 Å². The highest BCUT2D eigenvalue weighted by molar-refractivity contribution is 7.99. The lowest BCUT2D eigenvalue weighted by atomic mass is 9.53. The smallest absolute Gasteiger partial charge is 0.230 e. The molecule has 0 radical (unpaired) electrons. The van der Waals surface area contributed by atoms with Gasteiger partial charge in [0.25, 0.3) is 0 Å². The van der Waals surface area contributed by atoms with Crippen molar-refractivity contribution in [1.29, 1.82) is 0 Å². The van der Waals surface area contributed by atoms with Crippen molar-refractivity contribution in [2.24, 2.45) is 17.8 Å². The molecular formula is C21H26N4OS. The van der Waals surface area contributed by atoms with Crippen molar-refractivity contribution >= 4 is 17.7 Å². The van der Waals surface area contributed by atoms with Gasteiger partial charge in [0.15, 0.2) is 5.82 Å². The highest BCUT2D eigenvalue weighted by atomic mass is 32.2. The Balaban J connectivity index is 1.19. The van der Waals surface area contributed by atoms with Crippen LogP contribution < -0.4 is 5.32 Å². The first-order valence-corrected chi connectivity index (χ1v) is 11.0. The lowest BCUT2D eigenvalue weighted by molar-refractivity contribution is -0.124. The Morgan fingerprint density at radius 2 is 1.78 bits per heavy atom. The summed E-state index contributed by atoms with van der Waals surface area (Å²) in [7, 11) is 0. The maximum absolute atomic E-state index is 12.6. The molecule has 2 N–H and O–H groups in total. The number of rotatable bonds is 5. The van der Waals surface area contributed by atoms with E-state index >= 15 is 0 Å². The van der Waals surface area contributed by atoms with Crippen molar-refractivity contribution in [1.82, 2.24) is 20.5 Å². The summed E-state index contributed by atoms with van der Waals surface area (Å²) in [5, 5.41) is 11.3. The van der Waals surface area contributed by atoms with E-state index in [0.29, 0.717) is 10.9 Å². The Morgan fingerprint density at radius 1 is 1.15 bits per heavy atom. The summed E-state index contributed by atoms with van der Waals surface area (Å²) < 4.78 is 0. The van der Waals surface area contributed by atoms with Gasteiger partial charge in [0.1, 0.15) is 0 Å². The van der Waals surface area contributed by atoms with Gasteiger partial charge >= 0.3 is 0 Å². The zero-order valence-electron chi connectivity index (χ0n) is 15.7. The van der Waals surface area contributed by atoms with E-state index in [1.165, 1.54) is 55.9 Å². The molecule has 4 aliphatic rings. The Kier molecular flexibility index (Phi) is 4.26. The molecule has 27 heavy (non-hydrogen) atoms. The van der Waals surface area contributed by atoms with Crippen LogP contribution in [0.4, 0.5) is 0 Å². The molecule has 4 saturated carbocycles. The molecule has 2 aromatic rings. The van der Waals surface area contributed by atoms with Gasteiger partial charge in [-0.2, -0.15) is 0 Å². The summed E-state index contributed by atoms with van der Waals surface area (Å²) in [4.78, 5) is 17.1. The Labute approximate surface area is 164 Å². The van der Waals surface area contributed by atoms with E-state index in [1.807, 2.05) is 12.1 Å². The normalized spacial score (nSPS) is 31.2. The first-order valence-electron chi connectivity index (χ1n) is 10.0. The van der Waals surface area contributed by atoms with Crippen LogP contribution in [0.15, 0.2) is 29.4 Å². The van der Waals surface area contributed by atoms with E-state index in [4.69, 9.17) is 0 Å². The van der Waals surface area contributed by atoms with Crippen molar-refractivity contribution < 1.29 is 4.79 Å². The van der Waals surface area contributed by atoms with Crippen molar-refractivity contribution in [3.8, 4) is 11.4 Å². The van der Waals surface area contributed by atoms with Crippen LogP contribution in [0, 0.1) is 24.7 Å². The van der Waals surface area contributed by atoms with E-state index in [9.17, 15) is 4.79 Å². The molecule has 4 bridgehead atoms. The molecule has 0 aliphatic heterocycles. The number of aryl methyl sites for hydroxylation is 1. The SMILES string of the molecule is Cc1ccc(-c2nc(SCC(=O)NC34CC5CC(CC(C5)C3)C4)n[nH]2)cc1. The van der Waals surface area contributed by atoms with Gasteiger partial charge in [0.05, 0.1) is 5.75 Å². The zero-order valence-corrected chi connectivity index (χ0v) is 16.5. The predicted octanol–water partition coefficient (Wildman–Crippen LogP) is 3.96. The molecule has 0 saturated heterocycles. The molecule has 1 aromatic carbocycles. The Morgan fingerprint density at radius 3 is 2.41 bits per heavy atom. The second-order valence-corrected chi connectivity index (χ2v) is 9.81. The van der Waals surface area contributed by atoms with Crippen LogP contribution in [-0.2, 0) is 4.79 Å². The summed E-state index contributed by atoms with van der Waals surface area (Å²) in [6, 6.07) is 8.18. The second-order valence-electron chi connectivity index (χ2n) is 8.87. The van der Waals surface area contributed by atoms with E-state index < -0.39 is 0 Å². The number of carbonyl (C=O) groups is 1. The van der Waals surface area contributed by atoms with Crippen LogP contribution in [0.3, 0.4) is 0 Å². The molecule has 6 rings (SSSR count). The highest BCUT2D eigenvalue weighted by Gasteiger charge is 2.51. The van der Waals surface area contributed by atoms with Crippen molar-refractivity contribution in [2.45, 2.75) is 56.1 Å².